The van der Waals surface area contributed by atoms with E-state index in [2.05, 4.69) is 27.4 Å². The van der Waals surface area contributed by atoms with Gasteiger partial charge in [0.2, 0.25) is 0 Å². The topological polar surface area (TPSA) is 58.1 Å². The van der Waals surface area contributed by atoms with Crippen LogP contribution in [-0.2, 0) is 9.47 Å². The van der Waals surface area contributed by atoms with Crippen molar-refractivity contribution in [3.05, 3.63) is 0 Å². The zero-order chi connectivity index (χ0) is 17.0. The average molecular weight is 468 g/mol. The number of ether oxygens (including phenoxy) is 2. The van der Waals surface area contributed by atoms with Gasteiger partial charge in [0.25, 0.3) is 0 Å². The SMILES string of the molecule is CCCN1CCC(CNC(=NC)NCCCOCC2CCOC2)C1.I. The zero-order valence-corrected chi connectivity index (χ0v) is 18.3. The lowest BCUT2D eigenvalue weighted by Gasteiger charge is -2.17. The molecule has 2 atom stereocenters. The summed E-state index contributed by atoms with van der Waals surface area (Å²) in [6.45, 7) is 11.3. The Kier molecular flexibility index (Phi) is 12.8. The van der Waals surface area contributed by atoms with E-state index in [0.717, 1.165) is 64.2 Å². The lowest BCUT2D eigenvalue weighted by Crippen LogP contribution is -2.40. The number of nitrogens with zero attached hydrogens (tertiary/aromatic N) is 2. The summed E-state index contributed by atoms with van der Waals surface area (Å²) in [5, 5.41) is 6.84. The van der Waals surface area contributed by atoms with E-state index in [-0.39, 0.29) is 24.0 Å². The fourth-order valence-corrected chi connectivity index (χ4v) is 3.41. The van der Waals surface area contributed by atoms with E-state index in [0.29, 0.717) is 5.92 Å². The molecule has 0 aromatic rings. The van der Waals surface area contributed by atoms with E-state index in [1.165, 1.54) is 32.5 Å². The highest BCUT2D eigenvalue weighted by Crippen LogP contribution is 2.15. The van der Waals surface area contributed by atoms with Crippen LogP contribution >= 0.6 is 24.0 Å². The number of likely N-dealkylation sites (tertiary alicyclic amines) is 1. The maximum absolute atomic E-state index is 5.72. The standard InChI is InChI=1S/C18H36N4O2.HI/c1-3-8-22-9-5-16(13-22)12-21-18(19-2)20-7-4-10-23-14-17-6-11-24-15-17;/h16-17H,3-15H2,1-2H3,(H2,19,20,21);1H. The van der Waals surface area contributed by atoms with Crippen molar-refractivity contribution >= 4 is 29.9 Å². The summed E-state index contributed by atoms with van der Waals surface area (Å²) in [5.41, 5.74) is 0. The molecule has 2 N–H and O–H groups in total. The van der Waals surface area contributed by atoms with Gasteiger partial charge in [0.1, 0.15) is 0 Å². The van der Waals surface area contributed by atoms with Gasteiger partial charge in [-0.05, 0) is 44.7 Å². The molecule has 2 heterocycles. The van der Waals surface area contributed by atoms with Crippen molar-refractivity contribution in [2.24, 2.45) is 16.8 Å². The molecule has 0 radical (unpaired) electrons. The first-order chi connectivity index (χ1) is 11.8. The van der Waals surface area contributed by atoms with Crippen molar-refractivity contribution < 1.29 is 9.47 Å². The Morgan fingerprint density at radius 3 is 2.88 bits per heavy atom. The molecule has 2 fully saturated rings. The summed E-state index contributed by atoms with van der Waals surface area (Å²) in [6, 6.07) is 0. The van der Waals surface area contributed by atoms with E-state index >= 15 is 0 Å². The van der Waals surface area contributed by atoms with Gasteiger partial charge in [0.15, 0.2) is 5.96 Å². The minimum Gasteiger partial charge on any atom is -0.381 e. The van der Waals surface area contributed by atoms with Crippen LogP contribution in [0.2, 0.25) is 0 Å². The monoisotopic (exact) mass is 468 g/mol. The van der Waals surface area contributed by atoms with E-state index < -0.39 is 0 Å². The van der Waals surface area contributed by atoms with Crippen LogP contribution in [0.15, 0.2) is 4.99 Å². The van der Waals surface area contributed by atoms with Crippen molar-refractivity contribution in [3.63, 3.8) is 0 Å². The third kappa shape index (κ3) is 9.40. The Balaban J connectivity index is 0.00000312. The molecular formula is C18H37IN4O2. The van der Waals surface area contributed by atoms with Crippen LogP contribution in [0.1, 0.15) is 32.6 Å². The summed E-state index contributed by atoms with van der Waals surface area (Å²) < 4.78 is 11.1. The normalized spacial score (nSPS) is 24.3. The Morgan fingerprint density at radius 2 is 2.16 bits per heavy atom. The second-order valence-electron chi connectivity index (χ2n) is 6.99. The van der Waals surface area contributed by atoms with Crippen molar-refractivity contribution in [3.8, 4) is 0 Å². The van der Waals surface area contributed by atoms with Gasteiger partial charge in [-0.3, -0.25) is 4.99 Å². The molecule has 2 aliphatic heterocycles. The number of hydrogen-bond acceptors (Lipinski definition) is 4. The first kappa shape index (κ1) is 22.9. The van der Waals surface area contributed by atoms with Gasteiger partial charge in [-0.1, -0.05) is 6.92 Å². The van der Waals surface area contributed by atoms with Crippen LogP contribution in [-0.4, -0.2) is 77.1 Å². The predicted octanol–water partition coefficient (Wildman–Crippen LogP) is 1.94. The highest BCUT2D eigenvalue weighted by Gasteiger charge is 2.21. The maximum atomic E-state index is 5.72. The summed E-state index contributed by atoms with van der Waals surface area (Å²) >= 11 is 0. The fraction of sp³-hybridized carbons (Fsp3) is 0.944. The number of rotatable bonds is 10. The van der Waals surface area contributed by atoms with Crippen molar-refractivity contribution in [2.45, 2.75) is 32.6 Å². The molecule has 2 saturated heterocycles. The molecule has 0 aromatic carbocycles. The predicted molar refractivity (Wildman–Crippen MR) is 114 cm³/mol. The van der Waals surface area contributed by atoms with E-state index in [1.807, 2.05) is 7.05 Å². The Hall–Kier alpha value is -0.120. The van der Waals surface area contributed by atoms with Crippen molar-refractivity contribution in [1.82, 2.24) is 15.5 Å². The third-order valence-corrected chi connectivity index (χ3v) is 4.83. The van der Waals surface area contributed by atoms with Gasteiger partial charge in [0.05, 0.1) is 13.2 Å². The second-order valence-corrected chi connectivity index (χ2v) is 6.99. The molecule has 0 amide bonds. The molecule has 7 heteroatoms. The van der Waals surface area contributed by atoms with Crippen LogP contribution in [0.25, 0.3) is 0 Å². The number of nitrogens with one attached hydrogen (secondary N) is 2. The fourth-order valence-electron chi connectivity index (χ4n) is 3.41. The Bertz CT molecular complexity index is 365. The first-order valence-corrected chi connectivity index (χ1v) is 9.64. The number of aliphatic imine (C=N–C) groups is 1. The molecule has 148 valence electrons. The van der Waals surface area contributed by atoms with Crippen LogP contribution in [0.5, 0.6) is 0 Å². The second kappa shape index (κ2) is 14.0. The number of hydrogen-bond donors (Lipinski definition) is 2. The third-order valence-electron chi connectivity index (χ3n) is 4.83. The van der Waals surface area contributed by atoms with Gasteiger partial charge in [-0.25, -0.2) is 0 Å². The summed E-state index contributed by atoms with van der Waals surface area (Å²) in [6.07, 6.45) is 4.69. The summed E-state index contributed by atoms with van der Waals surface area (Å²) in [7, 11) is 1.84. The highest BCUT2D eigenvalue weighted by atomic mass is 127. The lowest BCUT2D eigenvalue weighted by molar-refractivity contribution is 0.0888. The van der Waals surface area contributed by atoms with E-state index in [9.17, 15) is 0 Å². The Labute approximate surface area is 170 Å². The maximum Gasteiger partial charge on any atom is 0.190 e. The minimum atomic E-state index is 0. The van der Waals surface area contributed by atoms with Gasteiger partial charge in [-0.15, -0.1) is 24.0 Å². The van der Waals surface area contributed by atoms with Crippen LogP contribution in [0, 0.1) is 11.8 Å². The molecule has 0 aliphatic carbocycles. The highest BCUT2D eigenvalue weighted by molar-refractivity contribution is 14.0. The van der Waals surface area contributed by atoms with Crippen molar-refractivity contribution in [2.75, 3.05) is 66.2 Å². The molecule has 25 heavy (non-hydrogen) atoms. The van der Waals surface area contributed by atoms with E-state index in [1.54, 1.807) is 0 Å². The summed E-state index contributed by atoms with van der Waals surface area (Å²) in [5.74, 6) is 2.26. The zero-order valence-electron chi connectivity index (χ0n) is 16.0. The molecule has 0 bridgehead atoms. The van der Waals surface area contributed by atoms with Gasteiger partial charge in [0, 0.05) is 45.8 Å². The molecule has 0 aromatic heterocycles. The van der Waals surface area contributed by atoms with Gasteiger partial charge < -0.3 is 25.0 Å². The van der Waals surface area contributed by atoms with Gasteiger partial charge >= 0.3 is 0 Å². The molecule has 2 rings (SSSR count). The van der Waals surface area contributed by atoms with Crippen molar-refractivity contribution in [1.29, 1.82) is 0 Å². The quantitative estimate of drug-likeness (QED) is 0.222. The Morgan fingerprint density at radius 1 is 1.28 bits per heavy atom. The van der Waals surface area contributed by atoms with Crippen LogP contribution in [0.4, 0.5) is 0 Å². The number of halogens is 1. The summed E-state index contributed by atoms with van der Waals surface area (Å²) in [4.78, 5) is 6.87. The van der Waals surface area contributed by atoms with E-state index in [4.69, 9.17) is 9.47 Å². The first-order valence-electron chi connectivity index (χ1n) is 9.64. The molecule has 0 saturated carbocycles. The average Bonchev–Trinajstić information content (AvgIpc) is 3.26. The van der Waals surface area contributed by atoms with Crippen LogP contribution < -0.4 is 10.6 Å². The number of guanidine groups is 1. The molecule has 2 aliphatic rings. The van der Waals surface area contributed by atoms with Crippen LogP contribution in [0.3, 0.4) is 0 Å². The molecule has 0 spiro atoms. The molecule has 6 nitrogen and oxygen atoms in total. The minimum absolute atomic E-state index is 0. The molecular weight excluding hydrogens is 431 g/mol. The smallest absolute Gasteiger partial charge is 0.190 e. The largest absolute Gasteiger partial charge is 0.381 e. The lowest BCUT2D eigenvalue weighted by atomic mass is 10.1. The molecule has 2 unspecified atom stereocenters. The van der Waals surface area contributed by atoms with Gasteiger partial charge in [-0.2, -0.15) is 0 Å².